The fraction of sp³-hybridized carbons (Fsp3) is 0.368. The van der Waals surface area contributed by atoms with Crippen LogP contribution in [0.1, 0.15) is 22.3 Å². The number of rotatable bonds is 4. The Balaban J connectivity index is 1.63. The molecule has 1 saturated heterocycles. The summed E-state index contributed by atoms with van der Waals surface area (Å²) in [5, 5.41) is 5.70. The molecule has 10 heteroatoms. The number of nitrogens with zero attached hydrogens (tertiary/aromatic N) is 3. The number of aryl methyl sites for hydroxylation is 1. The molecule has 0 unspecified atom stereocenters. The Morgan fingerprint density at radius 2 is 1.72 bits per heavy atom. The Kier molecular flexibility index (Phi) is 6.32. The number of anilines is 2. The van der Waals surface area contributed by atoms with Crippen LogP contribution in [0.2, 0.25) is 0 Å². The third-order valence-corrected chi connectivity index (χ3v) is 5.64. The van der Waals surface area contributed by atoms with E-state index in [1.54, 1.807) is 41.0 Å². The predicted octanol–water partition coefficient (Wildman–Crippen LogP) is 2.41. The highest BCUT2D eigenvalue weighted by molar-refractivity contribution is 7.17. The Bertz CT molecular complexity index is 921. The second-order valence-electron chi connectivity index (χ2n) is 6.51. The molecule has 154 valence electrons. The minimum Gasteiger partial charge on any atom is -0.495 e. The number of hydrogen-bond donors (Lipinski definition) is 2. The number of aromatic nitrogens is 1. The Morgan fingerprint density at radius 1 is 1.07 bits per heavy atom. The summed E-state index contributed by atoms with van der Waals surface area (Å²) in [5.41, 5.74) is 1.09. The summed E-state index contributed by atoms with van der Waals surface area (Å²) >= 11 is 1.13. The summed E-state index contributed by atoms with van der Waals surface area (Å²) in [4.78, 5) is 44.8. The van der Waals surface area contributed by atoms with E-state index in [4.69, 9.17) is 4.74 Å². The normalized spacial score (nSPS) is 13.8. The Hall–Kier alpha value is -3.14. The van der Waals surface area contributed by atoms with E-state index in [-0.39, 0.29) is 11.8 Å². The van der Waals surface area contributed by atoms with Crippen LogP contribution in [-0.2, 0) is 4.79 Å². The lowest BCUT2D eigenvalue weighted by Gasteiger charge is -2.34. The quantitative estimate of drug-likeness (QED) is 0.795. The number of para-hydroxylation sites is 2. The van der Waals surface area contributed by atoms with Gasteiger partial charge in [0.05, 0.1) is 18.5 Å². The molecule has 0 aliphatic carbocycles. The number of urea groups is 1. The largest absolute Gasteiger partial charge is 0.495 e. The number of piperazine rings is 1. The van der Waals surface area contributed by atoms with Gasteiger partial charge in [-0.1, -0.05) is 23.5 Å². The molecule has 2 heterocycles. The maximum Gasteiger partial charge on any atom is 0.325 e. The van der Waals surface area contributed by atoms with E-state index in [1.807, 2.05) is 0 Å². The average Bonchev–Trinajstić information content (AvgIpc) is 3.07. The molecule has 29 heavy (non-hydrogen) atoms. The van der Waals surface area contributed by atoms with Crippen LogP contribution < -0.4 is 15.4 Å². The minimum absolute atomic E-state index is 0.0126. The summed E-state index contributed by atoms with van der Waals surface area (Å²) < 4.78 is 5.21. The lowest BCUT2D eigenvalue weighted by molar-refractivity contribution is -0.130. The molecule has 0 radical (unpaired) electrons. The van der Waals surface area contributed by atoms with Gasteiger partial charge < -0.3 is 19.9 Å². The number of benzene rings is 1. The van der Waals surface area contributed by atoms with E-state index in [0.717, 1.165) is 11.3 Å². The van der Waals surface area contributed by atoms with Crippen LogP contribution in [-0.4, -0.2) is 65.9 Å². The zero-order chi connectivity index (χ0) is 21.0. The second-order valence-corrected chi connectivity index (χ2v) is 7.51. The van der Waals surface area contributed by atoms with Crippen molar-refractivity contribution >= 4 is 40.0 Å². The molecule has 1 aliphatic rings. The summed E-state index contributed by atoms with van der Waals surface area (Å²) in [6.45, 7) is 5.26. The van der Waals surface area contributed by atoms with Crippen LogP contribution in [0, 0.1) is 6.92 Å². The first-order valence-corrected chi connectivity index (χ1v) is 9.94. The molecule has 1 fully saturated rings. The number of ether oxygens (including phenoxy) is 1. The maximum atomic E-state index is 12.8. The smallest absolute Gasteiger partial charge is 0.325 e. The molecule has 0 saturated carbocycles. The van der Waals surface area contributed by atoms with E-state index in [0.29, 0.717) is 53.3 Å². The van der Waals surface area contributed by atoms with Crippen molar-refractivity contribution in [2.45, 2.75) is 13.8 Å². The number of hydrogen-bond acceptors (Lipinski definition) is 6. The van der Waals surface area contributed by atoms with Gasteiger partial charge in [0.15, 0.2) is 5.13 Å². The van der Waals surface area contributed by atoms with Gasteiger partial charge >= 0.3 is 6.03 Å². The Labute approximate surface area is 172 Å². The first-order valence-electron chi connectivity index (χ1n) is 9.12. The van der Waals surface area contributed by atoms with Gasteiger partial charge in [-0.2, -0.15) is 0 Å². The van der Waals surface area contributed by atoms with Crippen LogP contribution in [0.3, 0.4) is 0 Å². The summed E-state index contributed by atoms with van der Waals surface area (Å²) in [5.74, 6) is 0.415. The highest BCUT2D eigenvalue weighted by atomic mass is 32.1. The standard InChI is InChI=1S/C19H23N5O4S/c1-12-16(17(26)24-10-8-23(9-11-24)13(2)25)29-19(20-12)22-18(27)21-14-6-4-5-7-15(14)28-3/h4-7H,8-11H2,1-3H3,(H2,20,21,22,27). The van der Waals surface area contributed by atoms with Gasteiger partial charge in [-0.15, -0.1) is 0 Å². The lowest BCUT2D eigenvalue weighted by Crippen LogP contribution is -2.50. The number of carbonyl (C=O) groups excluding carboxylic acids is 3. The van der Waals surface area contributed by atoms with Crippen molar-refractivity contribution < 1.29 is 19.1 Å². The molecule has 0 spiro atoms. The van der Waals surface area contributed by atoms with Gasteiger partial charge in [0.25, 0.3) is 5.91 Å². The van der Waals surface area contributed by atoms with Gasteiger partial charge in [-0.3, -0.25) is 14.9 Å². The zero-order valence-electron chi connectivity index (χ0n) is 16.5. The van der Waals surface area contributed by atoms with Gasteiger partial charge in [-0.25, -0.2) is 9.78 Å². The number of thiazole rings is 1. The maximum absolute atomic E-state index is 12.8. The number of carbonyl (C=O) groups is 3. The van der Waals surface area contributed by atoms with Crippen LogP contribution in [0.4, 0.5) is 15.6 Å². The monoisotopic (exact) mass is 417 g/mol. The minimum atomic E-state index is -0.475. The lowest BCUT2D eigenvalue weighted by atomic mass is 10.2. The van der Waals surface area contributed by atoms with Crippen molar-refractivity contribution in [3.8, 4) is 5.75 Å². The fourth-order valence-corrected chi connectivity index (χ4v) is 3.94. The van der Waals surface area contributed by atoms with Crippen molar-refractivity contribution in [3.05, 3.63) is 34.8 Å². The highest BCUT2D eigenvalue weighted by Crippen LogP contribution is 2.26. The van der Waals surface area contributed by atoms with Crippen molar-refractivity contribution in [3.63, 3.8) is 0 Å². The van der Waals surface area contributed by atoms with Crippen molar-refractivity contribution in [1.29, 1.82) is 0 Å². The summed E-state index contributed by atoms with van der Waals surface area (Å²) in [6.07, 6.45) is 0. The Morgan fingerprint density at radius 3 is 2.38 bits per heavy atom. The number of nitrogens with one attached hydrogen (secondary N) is 2. The number of methoxy groups -OCH3 is 1. The van der Waals surface area contributed by atoms with E-state index in [2.05, 4.69) is 15.6 Å². The zero-order valence-corrected chi connectivity index (χ0v) is 17.3. The fourth-order valence-electron chi connectivity index (χ4n) is 3.01. The van der Waals surface area contributed by atoms with E-state index >= 15 is 0 Å². The van der Waals surface area contributed by atoms with Crippen LogP contribution in [0.15, 0.2) is 24.3 Å². The van der Waals surface area contributed by atoms with Crippen molar-refractivity contribution in [1.82, 2.24) is 14.8 Å². The molecular weight excluding hydrogens is 394 g/mol. The van der Waals surface area contributed by atoms with Gasteiger partial charge in [-0.05, 0) is 19.1 Å². The molecule has 4 amide bonds. The third-order valence-electron chi connectivity index (χ3n) is 4.58. The molecule has 9 nitrogen and oxygen atoms in total. The molecule has 2 aromatic rings. The first kappa shape index (κ1) is 20.6. The van der Waals surface area contributed by atoms with Crippen LogP contribution >= 0.6 is 11.3 Å². The van der Waals surface area contributed by atoms with Crippen LogP contribution in [0.25, 0.3) is 0 Å². The molecule has 1 aliphatic heterocycles. The molecule has 3 rings (SSSR count). The van der Waals surface area contributed by atoms with Crippen LogP contribution in [0.5, 0.6) is 5.75 Å². The van der Waals surface area contributed by atoms with Gasteiger partial charge in [0.2, 0.25) is 5.91 Å². The molecule has 0 atom stereocenters. The van der Waals surface area contributed by atoms with Crippen molar-refractivity contribution in [2.24, 2.45) is 0 Å². The average molecular weight is 417 g/mol. The summed E-state index contributed by atoms with van der Waals surface area (Å²) in [6, 6.07) is 6.58. The summed E-state index contributed by atoms with van der Waals surface area (Å²) in [7, 11) is 1.52. The topological polar surface area (TPSA) is 104 Å². The number of amides is 4. The van der Waals surface area contributed by atoms with E-state index in [1.165, 1.54) is 14.0 Å². The second kappa shape index (κ2) is 8.91. The first-order chi connectivity index (χ1) is 13.9. The predicted molar refractivity (Wildman–Crippen MR) is 111 cm³/mol. The van der Waals surface area contributed by atoms with E-state index < -0.39 is 6.03 Å². The highest BCUT2D eigenvalue weighted by Gasteiger charge is 2.26. The van der Waals surface area contributed by atoms with E-state index in [9.17, 15) is 14.4 Å². The third kappa shape index (κ3) is 4.83. The SMILES string of the molecule is COc1ccccc1NC(=O)Nc1nc(C)c(C(=O)N2CCN(C(C)=O)CC2)s1. The molecule has 1 aromatic heterocycles. The van der Waals surface area contributed by atoms with Gasteiger partial charge in [0, 0.05) is 33.1 Å². The molecule has 2 N–H and O–H groups in total. The molecule has 0 bridgehead atoms. The van der Waals surface area contributed by atoms with Crippen molar-refractivity contribution in [2.75, 3.05) is 43.9 Å². The van der Waals surface area contributed by atoms with Gasteiger partial charge in [0.1, 0.15) is 10.6 Å². The molecular formula is C19H23N5O4S. The molecule has 1 aromatic carbocycles.